The molecular formula is C13H21NO2S. The van der Waals surface area contributed by atoms with Gasteiger partial charge in [-0.25, -0.2) is 0 Å². The zero-order valence-corrected chi connectivity index (χ0v) is 11.4. The number of thiophene rings is 1. The highest BCUT2D eigenvalue weighted by molar-refractivity contribution is 7.10. The standard InChI is InChI=1S/C13H21NO2S/c1-3-5-8-16-13(15)10-14-11(4-2)12-7-6-9-17-12/h6-7,9,11,14H,3-5,8,10H2,1-2H3. The second-order valence-electron chi connectivity index (χ2n) is 3.93. The molecule has 0 fully saturated rings. The van der Waals surface area contributed by atoms with Gasteiger partial charge in [0.05, 0.1) is 13.2 Å². The summed E-state index contributed by atoms with van der Waals surface area (Å²) in [6, 6.07) is 4.38. The van der Waals surface area contributed by atoms with E-state index in [-0.39, 0.29) is 12.0 Å². The molecule has 0 spiro atoms. The Hall–Kier alpha value is -0.870. The second-order valence-corrected chi connectivity index (χ2v) is 4.91. The predicted molar refractivity (Wildman–Crippen MR) is 71.2 cm³/mol. The molecule has 3 nitrogen and oxygen atoms in total. The lowest BCUT2D eigenvalue weighted by atomic mass is 10.2. The van der Waals surface area contributed by atoms with Crippen molar-refractivity contribution < 1.29 is 9.53 Å². The Morgan fingerprint density at radius 2 is 2.35 bits per heavy atom. The van der Waals surface area contributed by atoms with Gasteiger partial charge in [0.15, 0.2) is 0 Å². The van der Waals surface area contributed by atoms with Gasteiger partial charge in [0.1, 0.15) is 0 Å². The highest BCUT2D eigenvalue weighted by Crippen LogP contribution is 2.21. The van der Waals surface area contributed by atoms with Gasteiger partial charge >= 0.3 is 5.97 Å². The summed E-state index contributed by atoms with van der Waals surface area (Å²) in [6.45, 7) is 5.02. The summed E-state index contributed by atoms with van der Waals surface area (Å²) in [4.78, 5) is 12.7. The van der Waals surface area contributed by atoms with Gasteiger partial charge in [0, 0.05) is 10.9 Å². The number of hydrogen-bond acceptors (Lipinski definition) is 4. The maximum Gasteiger partial charge on any atom is 0.319 e. The van der Waals surface area contributed by atoms with Crippen LogP contribution < -0.4 is 5.32 Å². The topological polar surface area (TPSA) is 38.3 Å². The third-order valence-corrected chi connectivity index (χ3v) is 3.53. The molecule has 0 aliphatic heterocycles. The summed E-state index contributed by atoms with van der Waals surface area (Å²) in [5.74, 6) is -0.159. The zero-order valence-electron chi connectivity index (χ0n) is 10.6. The Morgan fingerprint density at radius 1 is 1.53 bits per heavy atom. The number of unbranched alkanes of at least 4 members (excludes halogenated alkanes) is 1. The van der Waals surface area contributed by atoms with Crippen molar-refractivity contribution in [3.05, 3.63) is 22.4 Å². The van der Waals surface area contributed by atoms with Gasteiger partial charge in [0.2, 0.25) is 0 Å². The minimum absolute atomic E-state index is 0.159. The normalized spacial score (nSPS) is 12.4. The second kappa shape index (κ2) is 8.25. The molecular weight excluding hydrogens is 234 g/mol. The van der Waals surface area contributed by atoms with E-state index in [1.807, 2.05) is 6.07 Å². The van der Waals surface area contributed by atoms with Crippen LogP contribution in [0.15, 0.2) is 17.5 Å². The van der Waals surface area contributed by atoms with Crippen LogP contribution in [0.4, 0.5) is 0 Å². The Balaban J connectivity index is 2.26. The van der Waals surface area contributed by atoms with Crippen LogP contribution in [0.5, 0.6) is 0 Å². The fourth-order valence-electron chi connectivity index (χ4n) is 1.52. The van der Waals surface area contributed by atoms with Gasteiger partial charge < -0.3 is 4.74 Å². The summed E-state index contributed by atoms with van der Waals surface area (Å²) < 4.78 is 5.10. The molecule has 1 N–H and O–H groups in total. The van der Waals surface area contributed by atoms with E-state index in [1.165, 1.54) is 4.88 Å². The first-order valence-corrected chi connectivity index (χ1v) is 7.08. The molecule has 0 saturated carbocycles. The van der Waals surface area contributed by atoms with Crippen molar-refractivity contribution in [1.29, 1.82) is 0 Å². The molecule has 1 heterocycles. The van der Waals surface area contributed by atoms with Crippen molar-refractivity contribution in [3.8, 4) is 0 Å². The minimum Gasteiger partial charge on any atom is -0.465 e. The number of ether oxygens (including phenoxy) is 1. The molecule has 17 heavy (non-hydrogen) atoms. The van der Waals surface area contributed by atoms with E-state index in [0.29, 0.717) is 13.2 Å². The van der Waals surface area contributed by atoms with Gasteiger partial charge in [-0.3, -0.25) is 10.1 Å². The molecule has 1 aromatic heterocycles. The van der Waals surface area contributed by atoms with Crippen LogP contribution in [0, 0.1) is 0 Å². The van der Waals surface area contributed by atoms with Crippen molar-refractivity contribution in [3.63, 3.8) is 0 Å². The van der Waals surface area contributed by atoms with Crippen molar-refractivity contribution in [2.45, 2.75) is 39.2 Å². The smallest absolute Gasteiger partial charge is 0.319 e. The number of carbonyl (C=O) groups excluding carboxylic acids is 1. The quantitative estimate of drug-likeness (QED) is 0.573. The van der Waals surface area contributed by atoms with Gasteiger partial charge in [-0.05, 0) is 24.3 Å². The van der Waals surface area contributed by atoms with Crippen molar-refractivity contribution >= 4 is 17.3 Å². The van der Waals surface area contributed by atoms with E-state index in [1.54, 1.807) is 11.3 Å². The third-order valence-electron chi connectivity index (χ3n) is 2.55. The van der Waals surface area contributed by atoms with Crippen molar-refractivity contribution in [2.24, 2.45) is 0 Å². The third kappa shape index (κ3) is 5.33. The van der Waals surface area contributed by atoms with Crippen LogP contribution in [0.25, 0.3) is 0 Å². The Kier molecular flexibility index (Phi) is 6.89. The maximum atomic E-state index is 11.4. The molecule has 4 heteroatoms. The first-order chi connectivity index (χ1) is 8.27. The van der Waals surface area contributed by atoms with E-state index in [0.717, 1.165) is 19.3 Å². The summed E-state index contributed by atoms with van der Waals surface area (Å²) in [5, 5.41) is 5.29. The van der Waals surface area contributed by atoms with Crippen LogP contribution >= 0.6 is 11.3 Å². The molecule has 1 atom stereocenters. The highest BCUT2D eigenvalue weighted by atomic mass is 32.1. The Bertz CT molecular complexity index is 311. The zero-order chi connectivity index (χ0) is 12.5. The molecule has 0 aromatic carbocycles. The number of carbonyl (C=O) groups is 1. The van der Waals surface area contributed by atoms with Gasteiger partial charge in [-0.15, -0.1) is 11.3 Å². The Morgan fingerprint density at radius 3 is 2.94 bits per heavy atom. The fraction of sp³-hybridized carbons (Fsp3) is 0.615. The van der Waals surface area contributed by atoms with Gasteiger partial charge in [0.25, 0.3) is 0 Å². The van der Waals surface area contributed by atoms with Gasteiger partial charge in [-0.2, -0.15) is 0 Å². The molecule has 0 bridgehead atoms. The van der Waals surface area contributed by atoms with Crippen LogP contribution in [-0.4, -0.2) is 19.1 Å². The molecule has 1 rings (SSSR count). The highest BCUT2D eigenvalue weighted by Gasteiger charge is 2.11. The average molecular weight is 255 g/mol. The predicted octanol–water partition coefficient (Wildman–Crippen LogP) is 3.13. The summed E-state index contributed by atoms with van der Waals surface area (Å²) in [5.41, 5.74) is 0. The lowest BCUT2D eigenvalue weighted by Gasteiger charge is -2.14. The average Bonchev–Trinajstić information content (AvgIpc) is 2.84. The molecule has 0 aliphatic rings. The van der Waals surface area contributed by atoms with E-state index in [9.17, 15) is 4.79 Å². The SMILES string of the molecule is CCCCOC(=O)CNC(CC)c1cccs1. The molecule has 0 amide bonds. The van der Waals surface area contributed by atoms with Crippen LogP contribution in [-0.2, 0) is 9.53 Å². The van der Waals surface area contributed by atoms with E-state index in [4.69, 9.17) is 4.74 Å². The number of esters is 1. The van der Waals surface area contributed by atoms with E-state index in [2.05, 4.69) is 30.6 Å². The molecule has 0 radical (unpaired) electrons. The van der Waals surface area contributed by atoms with E-state index >= 15 is 0 Å². The number of rotatable bonds is 8. The van der Waals surface area contributed by atoms with Gasteiger partial charge in [-0.1, -0.05) is 26.3 Å². The summed E-state index contributed by atoms with van der Waals surface area (Å²) in [6.07, 6.45) is 2.96. The van der Waals surface area contributed by atoms with Crippen LogP contribution in [0.2, 0.25) is 0 Å². The number of hydrogen-bond donors (Lipinski definition) is 1. The number of nitrogens with one attached hydrogen (secondary N) is 1. The molecule has 0 aliphatic carbocycles. The lowest BCUT2D eigenvalue weighted by molar-refractivity contribution is -0.142. The minimum atomic E-state index is -0.159. The van der Waals surface area contributed by atoms with Crippen molar-refractivity contribution in [1.82, 2.24) is 5.32 Å². The monoisotopic (exact) mass is 255 g/mol. The lowest BCUT2D eigenvalue weighted by Crippen LogP contribution is -2.28. The van der Waals surface area contributed by atoms with Crippen LogP contribution in [0.3, 0.4) is 0 Å². The van der Waals surface area contributed by atoms with E-state index < -0.39 is 0 Å². The fourth-order valence-corrected chi connectivity index (χ4v) is 2.41. The molecule has 1 unspecified atom stereocenters. The largest absolute Gasteiger partial charge is 0.465 e. The molecule has 0 saturated heterocycles. The van der Waals surface area contributed by atoms with Crippen LogP contribution in [0.1, 0.15) is 44.0 Å². The maximum absolute atomic E-state index is 11.4. The van der Waals surface area contributed by atoms with Crippen molar-refractivity contribution in [2.75, 3.05) is 13.2 Å². The summed E-state index contributed by atoms with van der Waals surface area (Å²) in [7, 11) is 0. The Labute approximate surface area is 107 Å². The first-order valence-electron chi connectivity index (χ1n) is 6.20. The molecule has 96 valence electrons. The summed E-state index contributed by atoms with van der Waals surface area (Å²) >= 11 is 1.71. The molecule has 1 aromatic rings. The first kappa shape index (κ1) is 14.2.